The van der Waals surface area contributed by atoms with Crippen molar-refractivity contribution in [2.24, 2.45) is 0 Å². The van der Waals surface area contributed by atoms with Crippen molar-refractivity contribution in [3.63, 3.8) is 0 Å². The largest absolute Gasteiger partial charge is 0.399 e. The molecule has 110 valence electrons. The van der Waals surface area contributed by atoms with Gasteiger partial charge in [-0.2, -0.15) is 0 Å². The number of nitrogens with zero attached hydrogens (tertiary/aromatic N) is 1. The molecule has 2 aromatic rings. The Hall–Kier alpha value is -2.77. The van der Waals surface area contributed by atoms with Crippen molar-refractivity contribution in [3.8, 4) is 11.8 Å². The van der Waals surface area contributed by atoms with Gasteiger partial charge in [0, 0.05) is 35.5 Å². The normalized spacial score (nSPS) is 14.0. The minimum absolute atomic E-state index is 0.0525. The number of aliphatic hydroxyl groups excluding tert-OH is 1. The van der Waals surface area contributed by atoms with Crippen molar-refractivity contribution in [1.29, 1.82) is 0 Å². The smallest absolute Gasteiger partial charge is 0.254 e. The van der Waals surface area contributed by atoms with Gasteiger partial charge in [0.15, 0.2) is 0 Å². The Morgan fingerprint density at radius 2 is 1.50 bits per heavy atom. The van der Waals surface area contributed by atoms with Crippen LogP contribution in [0.2, 0.25) is 0 Å². The predicted octanol–water partition coefficient (Wildman–Crippen LogP) is 1.49. The van der Waals surface area contributed by atoms with Crippen LogP contribution >= 0.6 is 0 Å². The second-order valence-corrected chi connectivity index (χ2v) is 5.31. The number of benzene rings is 2. The number of carbonyl (C=O) groups is 1. The van der Waals surface area contributed by atoms with E-state index >= 15 is 0 Å². The summed E-state index contributed by atoms with van der Waals surface area (Å²) in [7, 11) is 0. The molecule has 4 nitrogen and oxygen atoms in total. The van der Waals surface area contributed by atoms with Gasteiger partial charge in [-0.25, -0.2) is 0 Å². The van der Waals surface area contributed by atoms with Gasteiger partial charge in [0.1, 0.15) is 0 Å². The number of nitrogen functional groups attached to an aromatic ring is 1. The third-order valence-electron chi connectivity index (χ3n) is 3.54. The predicted molar refractivity (Wildman–Crippen MR) is 85.2 cm³/mol. The van der Waals surface area contributed by atoms with Crippen molar-refractivity contribution in [2.75, 3.05) is 18.8 Å². The van der Waals surface area contributed by atoms with Crippen molar-refractivity contribution in [3.05, 3.63) is 65.2 Å². The van der Waals surface area contributed by atoms with E-state index in [1.165, 1.54) is 0 Å². The fourth-order valence-corrected chi connectivity index (χ4v) is 2.21. The number of aliphatic hydroxyl groups is 1. The van der Waals surface area contributed by atoms with E-state index in [2.05, 4.69) is 11.8 Å². The molecule has 0 aliphatic carbocycles. The van der Waals surface area contributed by atoms with Gasteiger partial charge in [0.2, 0.25) is 0 Å². The molecule has 0 spiro atoms. The Bertz CT molecular complexity index is 733. The topological polar surface area (TPSA) is 66.6 Å². The lowest BCUT2D eigenvalue weighted by molar-refractivity contribution is 0.00589. The van der Waals surface area contributed by atoms with Gasteiger partial charge in [0.05, 0.1) is 6.10 Å². The quantitative estimate of drug-likeness (QED) is 0.618. The lowest BCUT2D eigenvalue weighted by Crippen LogP contribution is -2.53. The number of rotatable bonds is 1. The van der Waals surface area contributed by atoms with Crippen molar-refractivity contribution < 1.29 is 9.90 Å². The third-order valence-corrected chi connectivity index (χ3v) is 3.54. The first-order chi connectivity index (χ1) is 10.6. The molecule has 1 aliphatic heterocycles. The minimum atomic E-state index is -0.381. The lowest BCUT2D eigenvalue weighted by atomic mass is 10.1. The Kier molecular flexibility index (Phi) is 3.82. The molecule has 0 bridgehead atoms. The minimum Gasteiger partial charge on any atom is -0.399 e. The highest BCUT2D eigenvalue weighted by molar-refractivity contribution is 5.94. The van der Waals surface area contributed by atoms with E-state index in [0.29, 0.717) is 24.3 Å². The Morgan fingerprint density at radius 1 is 1.00 bits per heavy atom. The highest BCUT2D eigenvalue weighted by Crippen LogP contribution is 2.14. The summed E-state index contributed by atoms with van der Waals surface area (Å²) in [6, 6.07) is 14.5. The maximum Gasteiger partial charge on any atom is 0.254 e. The van der Waals surface area contributed by atoms with Crippen LogP contribution in [0, 0.1) is 11.8 Å². The summed E-state index contributed by atoms with van der Waals surface area (Å²) in [6.07, 6.45) is -0.381. The van der Waals surface area contributed by atoms with Gasteiger partial charge in [-0.15, -0.1) is 0 Å². The molecular formula is C18H16N2O2. The second-order valence-electron chi connectivity index (χ2n) is 5.31. The number of likely N-dealkylation sites (tertiary alicyclic amines) is 1. The first kappa shape index (κ1) is 14.2. The molecule has 3 N–H and O–H groups in total. The number of hydrogen-bond donors (Lipinski definition) is 2. The van der Waals surface area contributed by atoms with Crippen LogP contribution in [0.15, 0.2) is 48.5 Å². The Labute approximate surface area is 129 Å². The van der Waals surface area contributed by atoms with Crippen LogP contribution in [-0.4, -0.2) is 35.1 Å². The number of nitrogens with two attached hydrogens (primary N) is 1. The van der Waals surface area contributed by atoms with E-state index in [0.717, 1.165) is 11.1 Å². The molecule has 1 fully saturated rings. The molecule has 1 heterocycles. The molecule has 2 aromatic carbocycles. The number of amides is 1. The van der Waals surface area contributed by atoms with Crippen LogP contribution in [0.1, 0.15) is 21.5 Å². The number of anilines is 1. The Balaban J connectivity index is 1.69. The van der Waals surface area contributed by atoms with E-state index in [4.69, 9.17) is 5.73 Å². The fourth-order valence-electron chi connectivity index (χ4n) is 2.21. The van der Waals surface area contributed by atoms with Crippen molar-refractivity contribution in [2.45, 2.75) is 6.10 Å². The zero-order chi connectivity index (χ0) is 15.5. The first-order valence-corrected chi connectivity index (χ1v) is 7.07. The third kappa shape index (κ3) is 3.11. The van der Waals surface area contributed by atoms with Gasteiger partial charge >= 0.3 is 0 Å². The molecule has 4 heteroatoms. The molecule has 0 unspecified atom stereocenters. The van der Waals surface area contributed by atoms with E-state index < -0.39 is 0 Å². The molecule has 1 saturated heterocycles. The van der Waals surface area contributed by atoms with Crippen LogP contribution in [0.5, 0.6) is 0 Å². The monoisotopic (exact) mass is 292 g/mol. The maximum atomic E-state index is 12.1. The summed E-state index contributed by atoms with van der Waals surface area (Å²) in [4.78, 5) is 13.7. The average molecular weight is 292 g/mol. The molecule has 0 atom stereocenters. The molecule has 0 saturated carbocycles. The average Bonchev–Trinajstić information content (AvgIpc) is 2.51. The number of carbonyl (C=O) groups excluding carboxylic acids is 1. The summed E-state index contributed by atoms with van der Waals surface area (Å²) in [5.41, 5.74) is 8.69. The van der Waals surface area contributed by atoms with E-state index in [9.17, 15) is 9.90 Å². The highest BCUT2D eigenvalue weighted by atomic mass is 16.3. The number of β-amino-alcohol motifs (C(OH)–C–C–N with tert-alkyl or cyclic N) is 1. The number of hydrogen-bond acceptors (Lipinski definition) is 3. The summed E-state index contributed by atoms with van der Waals surface area (Å²) < 4.78 is 0. The highest BCUT2D eigenvalue weighted by Gasteiger charge is 2.29. The summed E-state index contributed by atoms with van der Waals surface area (Å²) in [6.45, 7) is 0.828. The first-order valence-electron chi connectivity index (χ1n) is 7.07. The van der Waals surface area contributed by atoms with Crippen LogP contribution in [0.3, 0.4) is 0 Å². The van der Waals surface area contributed by atoms with Crippen LogP contribution < -0.4 is 5.73 Å². The Morgan fingerprint density at radius 3 is 2.00 bits per heavy atom. The maximum absolute atomic E-state index is 12.1. The molecule has 0 radical (unpaired) electrons. The molecule has 1 amide bonds. The molecule has 22 heavy (non-hydrogen) atoms. The SMILES string of the molecule is Nc1ccc(C#Cc2ccc(C(=O)N3CC(O)C3)cc2)cc1. The van der Waals surface area contributed by atoms with Crippen LogP contribution in [-0.2, 0) is 0 Å². The fraction of sp³-hybridized carbons (Fsp3) is 0.167. The summed E-state index contributed by atoms with van der Waals surface area (Å²) in [5, 5.41) is 9.23. The van der Waals surface area contributed by atoms with Gasteiger partial charge in [-0.05, 0) is 48.5 Å². The van der Waals surface area contributed by atoms with Gasteiger partial charge in [-0.1, -0.05) is 11.8 Å². The van der Waals surface area contributed by atoms with Gasteiger partial charge in [0.25, 0.3) is 5.91 Å². The lowest BCUT2D eigenvalue weighted by Gasteiger charge is -2.35. The van der Waals surface area contributed by atoms with Gasteiger partial charge < -0.3 is 15.7 Å². The van der Waals surface area contributed by atoms with Crippen molar-refractivity contribution in [1.82, 2.24) is 4.90 Å². The molecule has 3 rings (SSSR count). The van der Waals surface area contributed by atoms with E-state index in [1.54, 1.807) is 17.0 Å². The standard InChI is InChI=1S/C18H16N2O2/c19-16-9-5-14(6-10-16)2-1-13-3-7-15(8-4-13)18(22)20-11-17(21)12-20/h3-10,17,21H,11-12,19H2. The second kappa shape index (κ2) is 5.92. The molecule has 1 aliphatic rings. The van der Waals surface area contributed by atoms with E-state index in [1.807, 2.05) is 36.4 Å². The molecular weight excluding hydrogens is 276 g/mol. The van der Waals surface area contributed by atoms with Crippen LogP contribution in [0.4, 0.5) is 5.69 Å². The van der Waals surface area contributed by atoms with Gasteiger partial charge in [-0.3, -0.25) is 4.79 Å². The molecule has 0 aromatic heterocycles. The van der Waals surface area contributed by atoms with E-state index in [-0.39, 0.29) is 12.0 Å². The summed E-state index contributed by atoms with van der Waals surface area (Å²) >= 11 is 0. The summed E-state index contributed by atoms with van der Waals surface area (Å²) in [5.74, 6) is 6.06. The van der Waals surface area contributed by atoms with Crippen molar-refractivity contribution >= 4 is 11.6 Å². The van der Waals surface area contributed by atoms with Crippen LogP contribution in [0.25, 0.3) is 0 Å². The zero-order valence-corrected chi connectivity index (χ0v) is 12.0. The zero-order valence-electron chi connectivity index (χ0n) is 12.0.